The second-order valence-electron chi connectivity index (χ2n) is 5.67. The summed E-state index contributed by atoms with van der Waals surface area (Å²) in [5.74, 6) is 0.898. The highest BCUT2D eigenvalue weighted by atomic mass is 14.9. The van der Waals surface area contributed by atoms with E-state index in [1.807, 2.05) is 12.4 Å². The third-order valence-corrected chi connectivity index (χ3v) is 4.48. The van der Waals surface area contributed by atoms with Crippen LogP contribution in [0.4, 0.5) is 0 Å². The van der Waals surface area contributed by atoms with Gasteiger partial charge in [-0.25, -0.2) is 0 Å². The third kappa shape index (κ3) is 2.64. The van der Waals surface area contributed by atoms with Gasteiger partial charge in [-0.05, 0) is 36.4 Å². The van der Waals surface area contributed by atoms with Gasteiger partial charge in [-0.15, -0.1) is 0 Å². The van der Waals surface area contributed by atoms with E-state index < -0.39 is 0 Å². The fourth-order valence-electron chi connectivity index (χ4n) is 3.43. The number of pyridine rings is 1. The quantitative estimate of drug-likeness (QED) is 0.889. The lowest BCUT2D eigenvalue weighted by Gasteiger charge is -2.22. The summed E-state index contributed by atoms with van der Waals surface area (Å²) in [4.78, 5) is 4.22. The maximum atomic E-state index is 4.22. The Balaban J connectivity index is 1.91. The van der Waals surface area contributed by atoms with Crippen LogP contribution in [-0.2, 0) is 0 Å². The molecule has 0 bridgehead atoms. The summed E-state index contributed by atoms with van der Waals surface area (Å²) in [5, 5.41) is 6.10. The third-order valence-electron chi connectivity index (χ3n) is 4.48. The average molecular weight is 254 g/mol. The monoisotopic (exact) mass is 254 g/mol. The molecule has 1 aliphatic rings. The highest BCUT2D eigenvalue weighted by molar-refractivity contribution is 5.85. The SMILES string of the molecule is CNC(CC1CCCC1)c1cccc2cnccc12. The molecule has 1 N–H and O–H groups in total. The van der Waals surface area contributed by atoms with Crippen molar-refractivity contribution < 1.29 is 0 Å². The van der Waals surface area contributed by atoms with Gasteiger partial charge in [0, 0.05) is 23.8 Å². The molecule has 0 saturated heterocycles. The summed E-state index contributed by atoms with van der Waals surface area (Å²) in [6.07, 6.45) is 10.8. The van der Waals surface area contributed by atoms with E-state index in [-0.39, 0.29) is 0 Å². The Hall–Kier alpha value is -1.41. The van der Waals surface area contributed by atoms with Gasteiger partial charge in [-0.2, -0.15) is 0 Å². The van der Waals surface area contributed by atoms with Crippen LogP contribution in [-0.4, -0.2) is 12.0 Å². The van der Waals surface area contributed by atoms with E-state index >= 15 is 0 Å². The first-order chi connectivity index (χ1) is 9.38. The summed E-state index contributed by atoms with van der Waals surface area (Å²) < 4.78 is 0. The molecule has 1 fully saturated rings. The Morgan fingerprint density at radius 1 is 1.26 bits per heavy atom. The predicted molar refractivity (Wildman–Crippen MR) is 80.1 cm³/mol. The van der Waals surface area contributed by atoms with Crippen LogP contribution in [0, 0.1) is 5.92 Å². The number of nitrogens with one attached hydrogen (secondary N) is 1. The molecule has 1 aromatic heterocycles. The second kappa shape index (κ2) is 5.70. The summed E-state index contributed by atoms with van der Waals surface area (Å²) in [6.45, 7) is 0. The minimum atomic E-state index is 0.467. The van der Waals surface area contributed by atoms with Crippen molar-refractivity contribution in [2.45, 2.75) is 38.1 Å². The van der Waals surface area contributed by atoms with Crippen molar-refractivity contribution in [3.05, 3.63) is 42.2 Å². The van der Waals surface area contributed by atoms with Gasteiger partial charge in [0.25, 0.3) is 0 Å². The molecule has 1 unspecified atom stereocenters. The van der Waals surface area contributed by atoms with Crippen LogP contribution in [0.2, 0.25) is 0 Å². The van der Waals surface area contributed by atoms with Gasteiger partial charge in [-0.3, -0.25) is 4.98 Å². The number of hydrogen-bond donors (Lipinski definition) is 1. The molecule has 2 aromatic rings. The Bertz CT molecular complexity index is 538. The maximum Gasteiger partial charge on any atom is 0.0346 e. The fraction of sp³-hybridized carbons (Fsp3) is 0.471. The molecule has 0 radical (unpaired) electrons. The van der Waals surface area contributed by atoms with E-state index in [0.29, 0.717) is 6.04 Å². The van der Waals surface area contributed by atoms with Crippen molar-refractivity contribution >= 4 is 10.8 Å². The van der Waals surface area contributed by atoms with Gasteiger partial charge in [0.05, 0.1) is 0 Å². The molecule has 2 nitrogen and oxygen atoms in total. The van der Waals surface area contributed by atoms with Crippen LogP contribution in [0.1, 0.15) is 43.7 Å². The maximum absolute atomic E-state index is 4.22. The van der Waals surface area contributed by atoms with Crippen LogP contribution < -0.4 is 5.32 Å². The molecule has 1 aromatic carbocycles. The summed E-state index contributed by atoms with van der Waals surface area (Å²) >= 11 is 0. The first-order valence-electron chi connectivity index (χ1n) is 7.38. The molecule has 100 valence electrons. The smallest absolute Gasteiger partial charge is 0.0346 e. The van der Waals surface area contributed by atoms with E-state index in [2.05, 4.69) is 41.6 Å². The van der Waals surface area contributed by atoms with Crippen LogP contribution in [0.5, 0.6) is 0 Å². The number of hydrogen-bond acceptors (Lipinski definition) is 2. The molecule has 0 spiro atoms. The minimum Gasteiger partial charge on any atom is -0.313 e. The Kier molecular flexibility index (Phi) is 3.79. The van der Waals surface area contributed by atoms with Gasteiger partial charge >= 0.3 is 0 Å². The van der Waals surface area contributed by atoms with Gasteiger partial charge in [0.2, 0.25) is 0 Å². The number of aromatic nitrogens is 1. The topological polar surface area (TPSA) is 24.9 Å². The fourth-order valence-corrected chi connectivity index (χ4v) is 3.43. The second-order valence-corrected chi connectivity index (χ2v) is 5.67. The number of benzene rings is 1. The zero-order valence-electron chi connectivity index (χ0n) is 11.6. The molecule has 0 amide bonds. The van der Waals surface area contributed by atoms with Crippen LogP contribution in [0.25, 0.3) is 10.8 Å². The zero-order valence-corrected chi connectivity index (χ0v) is 11.6. The van der Waals surface area contributed by atoms with E-state index in [1.54, 1.807) is 0 Å². The molecule has 3 rings (SSSR count). The van der Waals surface area contributed by atoms with Crippen molar-refractivity contribution in [2.24, 2.45) is 5.92 Å². The number of nitrogens with zero attached hydrogens (tertiary/aromatic N) is 1. The van der Waals surface area contributed by atoms with Gasteiger partial charge in [0.15, 0.2) is 0 Å². The number of rotatable bonds is 4. The Morgan fingerprint density at radius 2 is 2.11 bits per heavy atom. The molecule has 1 heterocycles. The molecule has 1 aliphatic carbocycles. The van der Waals surface area contributed by atoms with Crippen LogP contribution in [0.3, 0.4) is 0 Å². The Labute approximate surface area is 115 Å². The first-order valence-corrected chi connectivity index (χ1v) is 7.38. The highest BCUT2D eigenvalue weighted by Crippen LogP contribution is 2.34. The lowest BCUT2D eigenvalue weighted by Crippen LogP contribution is -2.19. The molecular weight excluding hydrogens is 232 g/mol. The average Bonchev–Trinajstić information content (AvgIpc) is 2.97. The normalized spacial score (nSPS) is 17.9. The van der Waals surface area contributed by atoms with Crippen molar-refractivity contribution in [3.63, 3.8) is 0 Å². The number of fused-ring (bicyclic) bond motifs is 1. The zero-order chi connectivity index (χ0) is 13.1. The predicted octanol–water partition coefficient (Wildman–Crippen LogP) is 4.08. The van der Waals surface area contributed by atoms with Gasteiger partial charge < -0.3 is 5.32 Å². The van der Waals surface area contributed by atoms with Crippen LogP contribution >= 0.6 is 0 Å². The van der Waals surface area contributed by atoms with Crippen molar-refractivity contribution in [3.8, 4) is 0 Å². The standard InChI is InChI=1S/C17H22N2/c1-18-17(11-13-5-2-3-6-13)16-8-4-7-14-12-19-10-9-15(14)16/h4,7-10,12-13,17-18H,2-3,5-6,11H2,1H3. The van der Waals surface area contributed by atoms with Crippen molar-refractivity contribution in [2.75, 3.05) is 7.05 Å². The molecule has 2 heteroatoms. The highest BCUT2D eigenvalue weighted by Gasteiger charge is 2.21. The van der Waals surface area contributed by atoms with Crippen molar-refractivity contribution in [1.29, 1.82) is 0 Å². The molecule has 1 saturated carbocycles. The van der Waals surface area contributed by atoms with Crippen LogP contribution in [0.15, 0.2) is 36.7 Å². The van der Waals surface area contributed by atoms with E-state index in [4.69, 9.17) is 0 Å². The molecule has 19 heavy (non-hydrogen) atoms. The minimum absolute atomic E-state index is 0.467. The van der Waals surface area contributed by atoms with Gasteiger partial charge in [-0.1, -0.05) is 43.9 Å². The summed E-state index contributed by atoms with van der Waals surface area (Å²) in [5.41, 5.74) is 1.43. The van der Waals surface area contributed by atoms with E-state index in [0.717, 1.165) is 5.92 Å². The lowest BCUT2D eigenvalue weighted by molar-refractivity contribution is 0.415. The van der Waals surface area contributed by atoms with Gasteiger partial charge in [0.1, 0.15) is 0 Å². The van der Waals surface area contributed by atoms with E-state index in [1.165, 1.54) is 48.4 Å². The van der Waals surface area contributed by atoms with Crippen molar-refractivity contribution in [1.82, 2.24) is 10.3 Å². The lowest BCUT2D eigenvalue weighted by atomic mass is 9.91. The van der Waals surface area contributed by atoms with E-state index in [9.17, 15) is 0 Å². The first kappa shape index (κ1) is 12.6. The Morgan fingerprint density at radius 3 is 2.89 bits per heavy atom. The summed E-state index contributed by atoms with van der Waals surface area (Å²) in [6, 6.07) is 9.17. The summed E-state index contributed by atoms with van der Waals surface area (Å²) in [7, 11) is 2.08. The largest absolute Gasteiger partial charge is 0.313 e. The molecule has 0 aliphatic heterocycles. The molecular formula is C17H22N2. The molecule has 1 atom stereocenters.